The van der Waals surface area contributed by atoms with Crippen LogP contribution in [0.3, 0.4) is 0 Å². The summed E-state index contributed by atoms with van der Waals surface area (Å²) < 4.78 is 13.3. The molecule has 1 heterocycles. The molecule has 94 valence electrons. The minimum absolute atomic E-state index is 0.165. The number of anilines is 1. The zero-order valence-electron chi connectivity index (χ0n) is 9.80. The fourth-order valence-electron chi connectivity index (χ4n) is 1.62. The second kappa shape index (κ2) is 5.26. The fraction of sp³-hybridized carbons (Fsp3) is 0.500. The van der Waals surface area contributed by atoms with E-state index < -0.39 is 5.79 Å². The van der Waals surface area contributed by atoms with Gasteiger partial charge in [0.1, 0.15) is 0 Å². The van der Waals surface area contributed by atoms with Gasteiger partial charge in [-0.25, -0.2) is 0 Å². The molecule has 0 saturated carbocycles. The Balaban J connectivity index is 2.03. The highest BCUT2D eigenvalue weighted by molar-refractivity contribution is 9.11. The molecule has 0 atom stereocenters. The second-order valence-electron chi connectivity index (χ2n) is 4.46. The quantitative estimate of drug-likeness (QED) is 0.866. The molecule has 0 unspecified atom stereocenters. The first-order valence-electron chi connectivity index (χ1n) is 5.46. The lowest BCUT2D eigenvalue weighted by Gasteiger charge is -2.35. The summed E-state index contributed by atoms with van der Waals surface area (Å²) >= 11 is 7.04. The van der Waals surface area contributed by atoms with Crippen molar-refractivity contribution < 1.29 is 9.47 Å². The number of para-hydroxylation sites is 1. The van der Waals surface area contributed by atoms with Crippen molar-refractivity contribution in [2.24, 2.45) is 0 Å². The molecule has 1 N–H and O–H groups in total. The van der Waals surface area contributed by atoms with Gasteiger partial charge in [0.05, 0.1) is 24.9 Å². The highest BCUT2D eigenvalue weighted by Gasteiger charge is 2.28. The van der Waals surface area contributed by atoms with Crippen molar-refractivity contribution in [2.75, 3.05) is 18.5 Å². The molecule has 1 aromatic rings. The molecule has 0 aromatic heterocycles. The van der Waals surface area contributed by atoms with Gasteiger partial charge < -0.3 is 14.8 Å². The number of halogens is 2. The molecular formula is C12H15Br2NO2. The van der Waals surface area contributed by atoms with E-state index in [0.29, 0.717) is 13.2 Å². The number of hydrogen-bond acceptors (Lipinski definition) is 3. The predicted molar refractivity (Wildman–Crippen MR) is 75.2 cm³/mol. The summed E-state index contributed by atoms with van der Waals surface area (Å²) in [6, 6.07) is 6.15. The van der Waals surface area contributed by atoms with Crippen LogP contribution >= 0.6 is 31.9 Å². The zero-order chi connectivity index (χ0) is 12.5. The van der Waals surface area contributed by atoms with Crippen molar-refractivity contribution in [1.82, 2.24) is 0 Å². The second-order valence-corrected chi connectivity index (χ2v) is 6.17. The van der Waals surface area contributed by atoms with E-state index in [4.69, 9.17) is 9.47 Å². The number of ether oxygens (including phenoxy) is 2. The van der Waals surface area contributed by atoms with Crippen molar-refractivity contribution in [1.29, 1.82) is 0 Å². The summed E-state index contributed by atoms with van der Waals surface area (Å²) in [5.41, 5.74) is 1.03. The fourth-order valence-corrected chi connectivity index (χ4v) is 2.84. The minimum Gasteiger partial charge on any atom is -0.376 e. The number of rotatable bonds is 2. The summed E-state index contributed by atoms with van der Waals surface area (Å²) in [5.74, 6) is -0.469. The molecular weight excluding hydrogens is 350 g/mol. The number of hydrogen-bond donors (Lipinski definition) is 1. The molecule has 0 radical (unpaired) electrons. The Labute approximate surface area is 118 Å². The smallest absolute Gasteiger partial charge is 0.162 e. The van der Waals surface area contributed by atoms with Crippen molar-refractivity contribution in [3.8, 4) is 0 Å². The average Bonchev–Trinajstić information content (AvgIpc) is 2.26. The van der Waals surface area contributed by atoms with Gasteiger partial charge in [0.25, 0.3) is 0 Å². The van der Waals surface area contributed by atoms with Gasteiger partial charge in [-0.3, -0.25) is 0 Å². The van der Waals surface area contributed by atoms with Gasteiger partial charge in [0.2, 0.25) is 0 Å². The normalized spacial score (nSPS) is 20.2. The zero-order valence-corrected chi connectivity index (χ0v) is 13.0. The summed E-state index contributed by atoms with van der Waals surface area (Å²) in [4.78, 5) is 0. The Kier molecular flexibility index (Phi) is 4.13. The summed E-state index contributed by atoms with van der Waals surface area (Å²) in [6.07, 6.45) is 0. The Bertz CT molecular complexity index is 379. The Morgan fingerprint density at radius 3 is 2.24 bits per heavy atom. The minimum atomic E-state index is -0.469. The summed E-state index contributed by atoms with van der Waals surface area (Å²) in [5, 5.41) is 3.41. The van der Waals surface area contributed by atoms with Crippen LogP contribution in [0.15, 0.2) is 27.1 Å². The third kappa shape index (κ3) is 3.44. The monoisotopic (exact) mass is 363 g/mol. The van der Waals surface area contributed by atoms with E-state index in [1.165, 1.54) is 0 Å². The van der Waals surface area contributed by atoms with E-state index >= 15 is 0 Å². The molecule has 17 heavy (non-hydrogen) atoms. The lowest BCUT2D eigenvalue weighted by Crippen LogP contribution is -2.45. The van der Waals surface area contributed by atoms with Gasteiger partial charge in [-0.1, -0.05) is 6.07 Å². The molecule has 3 nitrogen and oxygen atoms in total. The number of benzene rings is 1. The first-order chi connectivity index (χ1) is 7.98. The van der Waals surface area contributed by atoms with Gasteiger partial charge in [0.15, 0.2) is 5.79 Å². The van der Waals surface area contributed by atoms with Crippen LogP contribution in [0.4, 0.5) is 5.69 Å². The van der Waals surface area contributed by atoms with E-state index in [9.17, 15) is 0 Å². The van der Waals surface area contributed by atoms with E-state index in [2.05, 4.69) is 37.2 Å². The molecule has 2 rings (SSSR count). The van der Waals surface area contributed by atoms with Crippen LogP contribution in [-0.4, -0.2) is 25.0 Å². The Morgan fingerprint density at radius 1 is 1.18 bits per heavy atom. The molecule has 0 amide bonds. The first kappa shape index (κ1) is 13.3. The van der Waals surface area contributed by atoms with E-state index in [1.807, 2.05) is 32.0 Å². The molecule has 1 aromatic carbocycles. The maximum Gasteiger partial charge on any atom is 0.162 e. The van der Waals surface area contributed by atoms with E-state index in [1.54, 1.807) is 0 Å². The lowest BCUT2D eigenvalue weighted by atomic mass is 10.2. The largest absolute Gasteiger partial charge is 0.376 e. The van der Waals surface area contributed by atoms with E-state index in [0.717, 1.165) is 14.6 Å². The Morgan fingerprint density at radius 2 is 1.71 bits per heavy atom. The van der Waals surface area contributed by atoms with Gasteiger partial charge in [-0.15, -0.1) is 0 Å². The van der Waals surface area contributed by atoms with Crippen molar-refractivity contribution in [2.45, 2.75) is 25.7 Å². The predicted octanol–water partition coefficient (Wildman–Crippen LogP) is 3.78. The van der Waals surface area contributed by atoms with Crippen LogP contribution in [0.25, 0.3) is 0 Å². The molecule has 1 saturated heterocycles. The molecule has 0 spiro atoms. The van der Waals surface area contributed by atoms with E-state index in [-0.39, 0.29) is 6.04 Å². The summed E-state index contributed by atoms with van der Waals surface area (Å²) in [6.45, 7) is 5.14. The standard InChI is InChI=1S/C12H15Br2NO2/c1-12(2)16-6-8(7-17-12)15-11-9(13)4-3-5-10(11)14/h3-5,8,15H,6-7H2,1-2H3. The maximum atomic E-state index is 5.61. The Hall–Kier alpha value is -0.100. The van der Waals surface area contributed by atoms with Crippen LogP contribution < -0.4 is 5.32 Å². The number of nitrogens with one attached hydrogen (secondary N) is 1. The van der Waals surface area contributed by atoms with Crippen molar-refractivity contribution in [3.05, 3.63) is 27.1 Å². The van der Waals surface area contributed by atoms with Crippen molar-refractivity contribution in [3.63, 3.8) is 0 Å². The molecule has 5 heteroatoms. The molecule has 1 fully saturated rings. The van der Waals surface area contributed by atoms with Crippen LogP contribution in [0.5, 0.6) is 0 Å². The van der Waals surface area contributed by atoms with Gasteiger partial charge in [0, 0.05) is 8.95 Å². The van der Waals surface area contributed by atoms with Crippen LogP contribution in [-0.2, 0) is 9.47 Å². The topological polar surface area (TPSA) is 30.5 Å². The van der Waals surface area contributed by atoms with Gasteiger partial charge in [-0.2, -0.15) is 0 Å². The average molecular weight is 365 g/mol. The highest BCUT2D eigenvalue weighted by Crippen LogP contribution is 2.32. The van der Waals surface area contributed by atoms with Crippen LogP contribution in [0.2, 0.25) is 0 Å². The summed E-state index contributed by atoms with van der Waals surface area (Å²) in [7, 11) is 0. The van der Waals surface area contributed by atoms with Gasteiger partial charge in [-0.05, 0) is 57.8 Å². The molecule has 0 aliphatic carbocycles. The maximum absolute atomic E-state index is 5.61. The van der Waals surface area contributed by atoms with Crippen LogP contribution in [0, 0.1) is 0 Å². The highest BCUT2D eigenvalue weighted by atomic mass is 79.9. The third-order valence-electron chi connectivity index (χ3n) is 2.58. The molecule has 1 aliphatic heterocycles. The lowest BCUT2D eigenvalue weighted by molar-refractivity contribution is -0.247. The third-order valence-corrected chi connectivity index (χ3v) is 3.90. The van der Waals surface area contributed by atoms with Gasteiger partial charge >= 0.3 is 0 Å². The SMILES string of the molecule is CC1(C)OCC(Nc2c(Br)cccc2Br)CO1. The first-order valence-corrected chi connectivity index (χ1v) is 7.05. The molecule has 0 bridgehead atoms. The van der Waals surface area contributed by atoms with Crippen molar-refractivity contribution >= 4 is 37.5 Å². The molecule has 1 aliphatic rings. The van der Waals surface area contributed by atoms with Crippen LogP contribution in [0.1, 0.15) is 13.8 Å².